The van der Waals surface area contributed by atoms with Gasteiger partial charge in [-0.3, -0.25) is 0 Å². The van der Waals surface area contributed by atoms with E-state index in [0.29, 0.717) is 23.4 Å². The molecule has 3 rings (SSSR count). The Morgan fingerprint density at radius 3 is 2.68 bits per heavy atom. The van der Waals surface area contributed by atoms with Crippen molar-refractivity contribution in [2.24, 2.45) is 5.92 Å². The molecule has 0 radical (unpaired) electrons. The zero-order chi connectivity index (χ0) is 20.3. The van der Waals surface area contributed by atoms with Crippen LogP contribution in [0.15, 0.2) is 18.3 Å². The molecule has 0 unspecified atom stereocenters. The van der Waals surface area contributed by atoms with Crippen molar-refractivity contribution in [2.45, 2.75) is 24.7 Å². The van der Waals surface area contributed by atoms with Gasteiger partial charge in [0, 0.05) is 30.4 Å². The molecule has 0 spiro atoms. The standard InChI is InChI=1S/C18H20ClN5O4/c1-28-13-5-3-9(7-21-13)2-4-11-16(19)23-18(20)24-17(11)22-12-6-10(8-25)14(26)15(12)27/h3,5,7,10,12,14-15,25-27H,6,8H2,1H3,(H3,20,22,23,24)/t10-,12-,14-,15+/m1/s1. The Morgan fingerprint density at radius 1 is 1.29 bits per heavy atom. The molecule has 0 bridgehead atoms. The van der Waals surface area contributed by atoms with Gasteiger partial charge in [0.2, 0.25) is 11.8 Å². The van der Waals surface area contributed by atoms with Crippen LogP contribution in [0.4, 0.5) is 11.8 Å². The highest BCUT2D eigenvalue weighted by Crippen LogP contribution is 2.30. The predicted molar refractivity (Wildman–Crippen MR) is 103 cm³/mol. The number of aliphatic hydroxyl groups is 3. The lowest BCUT2D eigenvalue weighted by atomic mass is 10.1. The normalized spacial score (nSPS) is 23.8. The second-order valence-electron chi connectivity index (χ2n) is 6.35. The van der Waals surface area contributed by atoms with Crippen LogP contribution in [0.25, 0.3) is 0 Å². The number of nitrogens with two attached hydrogens (primary N) is 1. The summed E-state index contributed by atoms with van der Waals surface area (Å²) in [7, 11) is 1.52. The number of hydrogen-bond donors (Lipinski definition) is 5. The first-order chi connectivity index (χ1) is 13.4. The number of halogens is 1. The molecule has 1 fully saturated rings. The van der Waals surface area contributed by atoms with Gasteiger partial charge in [0.25, 0.3) is 0 Å². The van der Waals surface area contributed by atoms with Crippen molar-refractivity contribution in [1.82, 2.24) is 15.0 Å². The van der Waals surface area contributed by atoms with Gasteiger partial charge in [0.1, 0.15) is 17.5 Å². The number of methoxy groups -OCH3 is 1. The Labute approximate surface area is 166 Å². The van der Waals surface area contributed by atoms with E-state index in [1.807, 2.05) is 0 Å². The number of rotatable bonds is 4. The van der Waals surface area contributed by atoms with Crippen molar-refractivity contribution in [3.63, 3.8) is 0 Å². The first-order valence-electron chi connectivity index (χ1n) is 8.51. The van der Waals surface area contributed by atoms with E-state index in [9.17, 15) is 15.3 Å². The third-order valence-electron chi connectivity index (χ3n) is 4.52. The number of pyridine rings is 1. The van der Waals surface area contributed by atoms with Gasteiger partial charge < -0.3 is 31.1 Å². The maximum atomic E-state index is 10.2. The summed E-state index contributed by atoms with van der Waals surface area (Å²) in [6.45, 7) is -0.236. The van der Waals surface area contributed by atoms with E-state index in [-0.39, 0.29) is 23.5 Å². The second kappa shape index (κ2) is 8.58. The monoisotopic (exact) mass is 405 g/mol. The molecule has 1 aliphatic carbocycles. The Bertz CT molecular complexity index is 899. The summed E-state index contributed by atoms with van der Waals surface area (Å²) in [6, 6.07) is 2.86. The van der Waals surface area contributed by atoms with Crippen molar-refractivity contribution in [1.29, 1.82) is 0 Å². The van der Waals surface area contributed by atoms with Gasteiger partial charge in [-0.1, -0.05) is 23.4 Å². The van der Waals surface area contributed by atoms with E-state index in [1.54, 1.807) is 18.3 Å². The van der Waals surface area contributed by atoms with Gasteiger partial charge in [-0.25, -0.2) is 4.98 Å². The number of nitrogens with one attached hydrogen (secondary N) is 1. The fraction of sp³-hybridized carbons (Fsp3) is 0.389. The summed E-state index contributed by atoms with van der Waals surface area (Å²) in [6.07, 6.45) is -0.236. The summed E-state index contributed by atoms with van der Waals surface area (Å²) >= 11 is 6.19. The van der Waals surface area contributed by atoms with Gasteiger partial charge in [0.15, 0.2) is 5.15 Å². The van der Waals surface area contributed by atoms with E-state index in [0.717, 1.165) is 0 Å². The number of hydrogen-bond acceptors (Lipinski definition) is 9. The molecule has 148 valence electrons. The third-order valence-corrected chi connectivity index (χ3v) is 4.79. The lowest BCUT2D eigenvalue weighted by Gasteiger charge is -2.19. The Balaban J connectivity index is 1.89. The molecule has 10 heteroatoms. The van der Waals surface area contributed by atoms with Gasteiger partial charge in [-0.2, -0.15) is 9.97 Å². The van der Waals surface area contributed by atoms with Crippen LogP contribution < -0.4 is 15.8 Å². The first-order valence-corrected chi connectivity index (χ1v) is 8.89. The average molecular weight is 406 g/mol. The summed E-state index contributed by atoms with van der Waals surface area (Å²) in [5.74, 6) is 6.00. The molecule has 1 saturated carbocycles. The van der Waals surface area contributed by atoms with Gasteiger partial charge in [0.05, 0.1) is 19.3 Å². The summed E-state index contributed by atoms with van der Waals surface area (Å²) < 4.78 is 5.01. The second-order valence-corrected chi connectivity index (χ2v) is 6.70. The van der Waals surface area contributed by atoms with Crippen molar-refractivity contribution >= 4 is 23.4 Å². The molecule has 0 aromatic carbocycles. The van der Waals surface area contributed by atoms with Crippen molar-refractivity contribution in [2.75, 3.05) is 24.8 Å². The summed E-state index contributed by atoms with van der Waals surface area (Å²) in [4.78, 5) is 12.1. The maximum absolute atomic E-state index is 10.2. The Hall–Kier alpha value is -2.64. The van der Waals surface area contributed by atoms with Crippen LogP contribution in [0.5, 0.6) is 5.88 Å². The summed E-state index contributed by atoms with van der Waals surface area (Å²) in [5.41, 5.74) is 6.60. The van der Waals surface area contributed by atoms with E-state index in [1.165, 1.54) is 7.11 Å². The van der Waals surface area contributed by atoms with E-state index < -0.39 is 24.2 Å². The number of anilines is 2. The molecule has 4 atom stereocenters. The minimum atomic E-state index is -1.08. The largest absolute Gasteiger partial charge is 0.481 e. The van der Waals surface area contributed by atoms with E-state index in [2.05, 4.69) is 32.1 Å². The molecule has 0 aliphatic heterocycles. The van der Waals surface area contributed by atoms with Crippen molar-refractivity contribution in [3.05, 3.63) is 34.6 Å². The van der Waals surface area contributed by atoms with Gasteiger partial charge >= 0.3 is 0 Å². The molecule has 2 aromatic heterocycles. The molecule has 0 saturated heterocycles. The SMILES string of the molecule is COc1ccc(C#Cc2c(Cl)nc(N)nc2N[C@@H]2C[C@H](CO)[C@@H](O)[C@H]2O)cn1. The number of nitrogens with zero attached hydrogens (tertiary/aromatic N) is 3. The molecule has 2 aromatic rings. The molecule has 6 N–H and O–H groups in total. The van der Waals surface area contributed by atoms with Gasteiger partial charge in [-0.05, 0) is 12.5 Å². The molecule has 9 nitrogen and oxygen atoms in total. The van der Waals surface area contributed by atoms with Crippen LogP contribution in [0.3, 0.4) is 0 Å². The highest BCUT2D eigenvalue weighted by atomic mass is 35.5. The minimum absolute atomic E-state index is 0.0516. The lowest BCUT2D eigenvalue weighted by molar-refractivity contribution is 0.00445. The van der Waals surface area contributed by atoms with E-state index in [4.69, 9.17) is 22.1 Å². The Morgan fingerprint density at radius 2 is 2.07 bits per heavy atom. The predicted octanol–water partition coefficient (Wildman–Crippen LogP) is 0.0301. The van der Waals surface area contributed by atoms with Crippen LogP contribution in [-0.4, -0.2) is 62.2 Å². The Kier molecular flexibility index (Phi) is 6.16. The van der Waals surface area contributed by atoms with Gasteiger partial charge in [-0.15, -0.1) is 0 Å². The topological polar surface area (TPSA) is 147 Å². The minimum Gasteiger partial charge on any atom is -0.481 e. The number of aliphatic hydroxyl groups excluding tert-OH is 3. The highest BCUT2D eigenvalue weighted by molar-refractivity contribution is 6.31. The summed E-state index contributed by atoms with van der Waals surface area (Å²) in [5, 5.41) is 32.6. The van der Waals surface area contributed by atoms with Crippen molar-refractivity contribution < 1.29 is 20.1 Å². The van der Waals surface area contributed by atoms with Crippen LogP contribution >= 0.6 is 11.6 Å². The van der Waals surface area contributed by atoms with Crippen molar-refractivity contribution in [3.8, 4) is 17.7 Å². The molecule has 1 aliphatic rings. The maximum Gasteiger partial charge on any atom is 0.223 e. The molecular weight excluding hydrogens is 386 g/mol. The molecule has 28 heavy (non-hydrogen) atoms. The fourth-order valence-corrected chi connectivity index (χ4v) is 3.22. The first kappa shape index (κ1) is 20.1. The smallest absolute Gasteiger partial charge is 0.223 e. The zero-order valence-electron chi connectivity index (χ0n) is 15.0. The van der Waals surface area contributed by atoms with Crippen LogP contribution in [0.2, 0.25) is 5.15 Å². The van der Waals surface area contributed by atoms with Crippen LogP contribution in [-0.2, 0) is 0 Å². The molecule has 2 heterocycles. The number of nitrogen functional groups attached to an aromatic ring is 1. The van der Waals surface area contributed by atoms with E-state index >= 15 is 0 Å². The average Bonchev–Trinajstić information content (AvgIpc) is 2.95. The molecule has 0 amide bonds. The zero-order valence-corrected chi connectivity index (χ0v) is 15.8. The quantitative estimate of drug-likeness (QED) is 0.351. The van der Waals surface area contributed by atoms with Crippen LogP contribution in [0, 0.1) is 17.8 Å². The highest BCUT2D eigenvalue weighted by Gasteiger charge is 2.41. The molecular formula is C18H20ClN5O4. The third kappa shape index (κ3) is 4.26. The lowest BCUT2D eigenvalue weighted by Crippen LogP contribution is -2.35. The number of ether oxygens (including phenoxy) is 1. The fourth-order valence-electron chi connectivity index (χ4n) is 3.00. The number of aromatic nitrogens is 3. The van der Waals surface area contributed by atoms with Crippen LogP contribution in [0.1, 0.15) is 17.5 Å².